The van der Waals surface area contributed by atoms with Crippen molar-refractivity contribution in [1.82, 2.24) is 29.9 Å². The van der Waals surface area contributed by atoms with Crippen LogP contribution in [0.5, 0.6) is 0 Å². The summed E-state index contributed by atoms with van der Waals surface area (Å²) in [5.74, 6) is -4.59. The van der Waals surface area contributed by atoms with Crippen molar-refractivity contribution < 1.29 is 26.7 Å². The van der Waals surface area contributed by atoms with Crippen LogP contribution in [0.4, 0.5) is 27.9 Å². The minimum atomic E-state index is -4.58. The number of aromatic nitrogens is 5. The number of rotatable bonds is 5. The minimum absolute atomic E-state index is 0.0463. The van der Waals surface area contributed by atoms with Crippen molar-refractivity contribution in [2.75, 3.05) is 18.4 Å². The van der Waals surface area contributed by atoms with Crippen molar-refractivity contribution in [3.8, 4) is 11.3 Å². The zero-order valence-corrected chi connectivity index (χ0v) is 18.8. The van der Waals surface area contributed by atoms with Crippen LogP contribution in [0.25, 0.3) is 11.3 Å². The first-order chi connectivity index (χ1) is 16.4. The molecule has 0 saturated carbocycles. The molecule has 4 rings (SSSR count). The van der Waals surface area contributed by atoms with Gasteiger partial charge in [0.15, 0.2) is 5.69 Å². The van der Waals surface area contributed by atoms with E-state index in [1.165, 1.54) is 11.8 Å². The number of amides is 1. The summed E-state index contributed by atoms with van der Waals surface area (Å²) < 4.78 is 67.3. The molecule has 1 amide bonds. The lowest BCUT2D eigenvalue weighted by Gasteiger charge is -2.43. The third-order valence-electron chi connectivity index (χ3n) is 5.75. The number of nitrogens with zero attached hydrogens (tertiary/aromatic N) is 6. The zero-order chi connectivity index (χ0) is 25.4. The van der Waals surface area contributed by atoms with E-state index in [1.54, 1.807) is 37.3 Å². The van der Waals surface area contributed by atoms with E-state index in [2.05, 4.69) is 25.5 Å². The number of anilines is 1. The van der Waals surface area contributed by atoms with Gasteiger partial charge in [-0.1, -0.05) is 37.3 Å². The Bertz CT molecular complexity index is 1180. The van der Waals surface area contributed by atoms with Gasteiger partial charge in [-0.25, -0.2) is 18.7 Å². The van der Waals surface area contributed by atoms with Crippen LogP contribution >= 0.6 is 0 Å². The van der Waals surface area contributed by atoms with E-state index in [-0.39, 0.29) is 23.9 Å². The zero-order valence-electron chi connectivity index (χ0n) is 18.8. The third-order valence-corrected chi connectivity index (χ3v) is 5.75. The Balaban J connectivity index is 1.60. The van der Waals surface area contributed by atoms with Crippen molar-refractivity contribution in [3.05, 3.63) is 54.0 Å². The average Bonchev–Trinajstić information content (AvgIpc) is 3.19. The Kier molecular flexibility index (Phi) is 6.43. The normalized spacial score (nSPS) is 20.0. The van der Waals surface area contributed by atoms with E-state index >= 15 is 0 Å². The Morgan fingerprint density at radius 2 is 1.80 bits per heavy atom. The summed E-state index contributed by atoms with van der Waals surface area (Å²) in [5, 5.41) is 11.1. The Labute approximate surface area is 197 Å². The van der Waals surface area contributed by atoms with Crippen LogP contribution in [0, 0.1) is 5.92 Å². The van der Waals surface area contributed by atoms with Crippen molar-refractivity contribution in [3.63, 3.8) is 0 Å². The minimum Gasteiger partial charge on any atom is -0.352 e. The van der Waals surface area contributed by atoms with Crippen LogP contribution in [0.1, 0.15) is 29.4 Å². The highest BCUT2D eigenvalue weighted by atomic mass is 19.4. The number of benzene rings is 1. The quantitative estimate of drug-likeness (QED) is 0.541. The molecule has 1 aliphatic heterocycles. The Hall–Kier alpha value is -3.64. The highest BCUT2D eigenvalue weighted by Crippen LogP contribution is 2.36. The van der Waals surface area contributed by atoms with E-state index in [0.717, 1.165) is 4.90 Å². The van der Waals surface area contributed by atoms with Gasteiger partial charge >= 0.3 is 6.18 Å². The van der Waals surface area contributed by atoms with Gasteiger partial charge < -0.3 is 10.2 Å². The summed E-state index contributed by atoms with van der Waals surface area (Å²) in [6.07, 6.45) is -3.79. The molecule has 186 valence electrons. The highest BCUT2D eigenvalue weighted by molar-refractivity contribution is 5.98. The van der Waals surface area contributed by atoms with E-state index in [1.807, 2.05) is 0 Å². The molecule has 1 aromatic carbocycles. The second kappa shape index (κ2) is 9.19. The topological polar surface area (TPSA) is 88.8 Å². The Morgan fingerprint density at radius 3 is 2.43 bits per heavy atom. The maximum atomic E-state index is 14.5. The van der Waals surface area contributed by atoms with Crippen LogP contribution in [-0.4, -0.2) is 60.8 Å². The van der Waals surface area contributed by atoms with E-state index in [9.17, 15) is 26.7 Å². The fourth-order valence-corrected chi connectivity index (χ4v) is 4.12. The largest absolute Gasteiger partial charge is 0.419 e. The predicted molar refractivity (Wildman–Crippen MR) is 116 cm³/mol. The molecule has 2 atom stereocenters. The lowest BCUT2D eigenvalue weighted by atomic mass is 9.88. The Morgan fingerprint density at radius 1 is 1.14 bits per heavy atom. The van der Waals surface area contributed by atoms with Crippen molar-refractivity contribution in [2.24, 2.45) is 13.0 Å². The van der Waals surface area contributed by atoms with E-state index in [0.29, 0.717) is 18.0 Å². The molecule has 3 heterocycles. The maximum absolute atomic E-state index is 14.5. The number of likely N-dealkylation sites (tertiary alicyclic amines) is 1. The number of nitrogens with one attached hydrogen (secondary N) is 1. The number of piperidine rings is 1. The number of hydrogen-bond donors (Lipinski definition) is 1. The maximum Gasteiger partial charge on any atom is 0.419 e. The second-order valence-electron chi connectivity index (χ2n) is 8.46. The van der Waals surface area contributed by atoms with Crippen LogP contribution < -0.4 is 5.32 Å². The van der Waals surface area contributed by atoms with Gasteiger partial charge in [0.2, 0.25) is 5.95 Å². The van der Waals surface area contributed by atoms with Crippen LogP contribution in [0.2, 0.25) is 0 Å². The molecule has 35 heavy (non-hydrogen) atoms. The molecule has 1 aliphatic rings. The smallest absolute Gasteiger partial charge is 0.352 e. The SMILES string of the molecule is C[C@@H]1CC(F)(F)CN(C(=O)c2nn(C)nc2-c2ccccc2)C1CNc1ncc(C(F)(F)F)cn1. The van der Waals surface area contributed by atoms with Gasteiger partial charge in [-0.15, -0.1) is 5.10 Å². The number of carbonyl (C=O) groups excluding carboxylic acids is 1. The molecule has 2 aromatic heterocycles. The van der Waals surface area contributed by atoms with Crippen molar-refractivity contribution >= 4 is 11.9 Å². The molecule has 1 unspecified atom stereocenters. The molecule has 8 nitrogen and oxygen atoms in total. The first-order valence-corrected chi connectivity index (χ1v) is 10.7. The van der Waals surface area contributed by atoms with Gasteiger partial charge in [-0.05, 0) is 5.92 Å². The fraction of sp³-hybridized carbons (Fsp3) is 0.409. The number of hydrogen-bond acceptors (Lipinski definition) is 6. The second-order valence-corrected chi connectivity index (χ2v) is 8.46. The van der Waals surface area contributed by atoms with Gasteiger partial charge in [0.25, 0.3) is 11.8 Å². The van der Waals surface area contributed by atoms with Crippen molar-refractivity contribution in [2.45, 2.75) is 31.5 Å². The van der Waals surface area contributed by atoms with Crippen LogP contribution in [-0.2, 0) is 13.2 Å². The molecule has 1 fully saturated rings. The van der Waals surface area contributed by atoms with Crippen LogP contribution in [0.3, 0.4) is 0 Å². The summed E-state index contributed by atoms with van der Waals surface area (Å²) in [6.45, 7) is 0.707. The summed E-state index contributed by atoms with van der Waals surface area (Å²) in [7, 11) is 1.53. The molecule has 0 radical (unpaired) electrons. The predicted octanol–water partition coefficient (Wildman–Crippen LogP) is 3.89. The molecule has 1 N–H and O–H groups in total. The monoisotopic (exact) mass is 495 g/mol. The molecule has 0 bridgehead atoms. The number of alkyl halides is 5. The molecule has 3 aromatic rings. The number of carbonyl (C=O) groups is 1. The first-order valence-electron chi connectivity index (χ1n) is 10.7. The highest BCUT2D eigenvalue weighted by Gasteiger charge is 2.47. The van der Waals surface area contributed by atoms with Crippen molar-refractivity contribution in [1.29, 1.82) is 0 Å². The number of aryl methyl sites for hydroxylation is 1. The summed E-state index contributed by atoms with van der Waals surface area (Å²) >= 11 is 0. The van der Waals surface area contributed by atoms with Gasteiger partial charge in [0.1, 0.15) is 5.69 Å². The molecule has 0 aliphatic carbocycles. The lowest BCUT2D eigenvalue weighted by molar-refractivity contribution is -0.138. The van der Waals surface area contributed by atoms with Gasteiger partial charge in [-0.3, -0.25) is 4.79 Å². The van der Waals surface area contributed by atoms with Crippen LogP contribution in [0.15, 0.2) is 42.7 Å². The first kappa shape index (κ1) is 24.5. The van der Waals surface area contributed by atoms with Gasteiger partial charge in [-0.2, -0.15) is 23.1 Å². The van der Waals surface area contributed by atoms with Gasteiger partial charge in [0, 0.05) is 38.0 Å². The van der Waals surface area contributed by atoms with E-state index in [4.69, 9.17) is 0 Å². The van der Waals surface area contributed by atoms with Gasteiger partial charge in [0.05, 0.1) is 18.2 Å². The summed E-state index contributed by atoms with van der Waals surface area (Å²) in [5.41, 5.74) is -0.216. The standard InChI is InChI=1S/C22H22F5N7O/c1-13-8-21(23,24)12-34(16(13)11-30-20-28-9-15(10-29-20)22(25,26)27)19(35)18-17(31-33(2)32-18)14-6-4-3-5-7-14/h3-7,9-10,13,16H,8,11-12H2,1-2H3,(H,28,29,30)/t13-,16?/m1/s1. The number of halogens is 5. The molecule has 13 heteroatoms. The molecular weight excluding hydrogens is 473 g/mol. The summed E-state index contributed by atoms with van der Waals surface area (Å²) in [6, 6.07) is 8.04. The lowest BCUT2D eigenvalue weighted by Crippen LogP contribution is -2.57. The van der Waals surface area contributed by atoms with E-state index < -0.39 is 48.5 Å². The third kappa shape index (κ3) is 5.38. The average molecular weight is 495 g/mol. The molecular formula is C22H22F5N7O. The molecule has 0 spiro atoms. The fourth-order valence-electron chi connectivity index (χ4n) is 4.12. The summed E-state index contributed by atoms with van der Waals surface area (Å²) in [4.78, 5) is 23.0. The molecule has 1 saturated heterocycles.